The van der Waals surface area contributed by atoms with Crippen molar-refractivity contribution in [3.05, 3.63) is 58.9 Å². The van der Waals surface area contributed by atoms with Crippen LogP contribution in [0.4, 0.5) is 0 Å². The first-order valence-corrected chi connectivity index (χ1v) is 7.67. The average molecular weight is 314 g/mol. The van der Waals surface area contributed by atoms with Gasteiger partial charge in [0.05, 0.1) is 12.2 Å². The van der Waals surface area contributed by atoms with Crippen LogP contribution in [-0.4, -0.2) is 23.1 Å². The molecule has 1 heterocycles. The molecule has 1 aromatic carbocycles. The van der Waals surface area contributed by atoms with Crippen LogP contribution in [0.15, 0.2) is 36.4 Å². The highest BCUT2D eigenvalue weighted by molar-refractivity contribution is 5.91. The molecule has 1 amide bonds. The van der Waals surface area contributed by atoms with E-state index in [1.165, 1.54) is 0 Å². The Hall–Kier alpha value is -2.56. The number of rotatable bonds is 6. The van der Waals surface area contributed by atoms with Gasteiger partial charge in [0, 0.05) is 17.9 Å². The minimum Gasteiger partial charge on any atom is -0.462 e. The van der Waals surface area contributed by atoms with Crippen LogP contribution in [0.3, 0.4) is 0 Å². The van der Waals surface area contributed by atoms with E-state index in [0.29, 0.717) is 18.7 Å². The number of hydrogen-bond acceptors (Lipinski definition) is 3. The van der Waals surface area contributed by atoms with Crippen molar-refractivity contribution in [2.24, 2.45) is 0 Å². The molecule has 0 aliphatic carbocycles. The molecule has 0 fully saturated rings. The number of aromatic nitrogens is 1. The molecule has 5 nitrogen and oxygen atoms in total. The lowest BCUT2D eigenvalue weighted by atomic mass is 10.2. The molecule has 0 saturated carbocycles. The molecule has 0 radical (unpaired) electrons. The van der Waals surface area contributed by atoms with E-state index in [2.05, 4.69) is 5.32 Å². The summed E-state index contributed by atoms with van der Waals surface area (Å²) in [4.78, 5) is 24.0. The van der Waals surface area contributed by atoms with Crippen molar-refractivity contribution in [3.63, 3.8) is 0 Å². The van der Waals surface area contributed by atoms with Crippen molar-refractivity contribution in [3.8, 4) is 0 Å². The molecule has 1 N–H and O–H groups in total. The standard InChI is InChI=1S/C18H22N2O3/c1-4-23-18(22)16-10-13(2)20(14(16)3)12-17(21)19-11-15-8-6-5-7-9-15/h5-10H,4,11-12H2,1-3H3,(H,19,21). The molecule has 5 heteroatoms. The summed E-state index contributed by atoms with van der Waals surface area (Å²) in [6.45, 7) is 6.48. The lowest BCUT2D eigenvalue weighted by Gasteiger charge is -2.10. The molecule has 2 aromatic rings. The average Bonchev–Trinajstić information content (AvgIpc) is 2.82. The van der Waals surface area contributed by atoms with Gasteiger partial charge in [0.1, 0.15) is 6.54 Å². The highest BCUT2D eigenvalue weighted by Gasteiger charge is 2.17. The van der Waals surface area contributed by atoms with Gasteiger partial charge in [0.15, 0.2) is 0 Å². The van der Waals surface area contributed by atoms with E-state index in [1.807, 2.05) is 48.7 Å². The smallest absolute Gasteiger partial charge is 0.339 e. The number of carbonyl (C=O) groups excluding carboxylic acids is 2. The molecule has 2 rings (SSSR count). The maximum Gasteiger partial charge on any atom is 0.339 e. The highest BCUT2D eigenvalue weighted by atomic mass is 16.5. The van der Waals surface area contributed by atoms with Gasteiger partial charge in [-0.25, -0.2) is 4.79 Å². The fraction of sp³-hybridized carbons (Fsp3) is 0.333. The first kappa shape index (κ1) is 16.8. The first-order valence-electron chi connectivity index (χ1n) is 7.67. The second-order valence-electron chi connectivity index (χ2n) is 5.35. The van der Waals surface area contributed by atoms with Crippen molar-refractivity contribution < 1.29 is 14.3 Å². The summed E-state index contributed by atoms with van der Waals surface area (Å²) in [6.07, 6.45) is 0. The van der Waals surface area contributed by atoms with Crippen LogP contribution in [0.25, 0.3) is 0 Å². The van der Waals surface area contributed by atoms with Crippen LogP contribution in [0.1, 0.15) is 34.2 Å². The SMILES string of the molecule is CCOC(=O)c1cc(C)n(CC(=O)NCc2ccccc2)c1C. The van der Waals surface area contributed by atoms with Crippen LogP contribution in [0, 0.1) is 13.8 Å². The molecule has 0 aliphatic heterocycles. The van der Waals surface area contributed by atoms with Gasteiger partial charge in [0.2, 0.25) is 5.91 Å². The number of benzene rings is 1. The molecule has 0 spiro atoms. The molecule has 0 saturated heterocycles. The van der Waals surface area contributed by atoms with Crippen LogP contribution in [-0.2, 0) is 22.6 Å². The molecule has 0 atom stereocenters. The number of esters is 1. The summed E-state index contributed by atoms with van der Waals surface area (Å²) in [5, 5.41) is 2.89. The quantitative estimate of drug-likeness (QED) is 0.834. The van der Waals surface area contributed by atoms with Gasteiger partial charge < -0.3 is 14.6 Å². The number of aryl methyl sites for hydroxylation is 1. The van der Waals surface area contributed by atoms with Gasteiger partial charge in [-0.3, -0.25) is 4.79 Å². The fourth-order valence-corrected chi connectivity index (χ4v) is 2.46. The van der Waals surface area contributed by atoms with Crippen molar-refractivity contribution in [1.29, 1.82) is 0 Å². The first-order chi connectivity index (χ1) is 11.0. The van der Waals surface area contributed by atoms with E-state index in [4.69, 9.17) is 4.74 Å². The Morgan fingerprint density at radius 3 is 2.52 bits per heavy atom. The zero-order valence-electron chi connectivity index (χ0n) is 13.8. The summed E-state index contributed by atoms with van der Waals surface area (Å²) >= 11 is 0. The van der Waals surface area contributed by atoms with Crippen LogP contribution in [0.5, 0.6) is 0 Å². The Labute approximate surface area is 136 Å². The van der Waals surface area contributed by atoms with Gasteiger partial charge in [-0.1, -0.05) is 30.3 Å². The van der Waals surface area contributed by atoms with E-state index in [-0.39, 0.29) is 18.4 Å². The predicted octanol–water partition coefficient (Wildman–Crippen LogP) is 2.60. The minimum absolute atomic E-state index is 0.0916. The summed E-state index contributed by atoms with van der Waals surface area (Å²) < 4.78 is 6.86. The fourth-order valence-electron chi connectivity index (χ4n) is 2.46. The van der Waals surface area contributed by atoms with E-state index in [9.17, 15) is 9.59 Å². The van der Waals surface area contributed by atoms with Crippen molar-refractivity contribution in [2.75, 3.05) is 6.61 Å². The Kier molecular flexibility index (Phi) is 5.57. The van der Waals surface area contributed by atoms with Crippen LogP contribution >= 0.6 is 0 Å². The predicted molar refractivity (Wildman–Crippen MR) is 88.2 cm³/mol. The van der Waals surface area contributed by atoms with Gasteiger partial charge in [0.25, 0.3) is 0 Å². The second kappa shape index (κ2) is 7.63. The van der Waals surface area contributed by atoms with Crippen LogP contribution in [0.2, 0.25) is 0 Å². The number of nitrogens with one attached hydrogen (secondary N) is 1. The Morgan fingerprint density at radius 1 is 1.17 bits per heavy atom. The highest BCUT2D eigenvalue weighted by Crippen LogP contribution is 2.16. The number of nitrogens with zero attached hydrogens (tertiary/aromatic N) is 1. The summed E-state index contributed by atoms with van der Waals surface area (Å²) in [6, 6.07) is 11.5. The van der Waals surface area contributed by atoms with Gasteiger partial charge >= 0.3 is 5.97 Å². The molecule has 1 aromatic heterocycles. The monoisotopic (exact) mass is 314 g/mol. The normalized spacial score (nSPS) is 10.4. The summed E-state index contributed by atoms with van der Waals surface area (Å²) in [5.41, 5.74) is 3.17. The van der Waals surface area contributed by atoms with Crippen molar-refractivity contribution in [2.45, 2.75) is 33.9 Å². The summed E-state index contributed by atoms with van der Waals surface area (Å²) in [7, 11) is 0. The van der Waals surface area contributed by atoms with E-state index < -0.39 is 0 Å². The van der Waals surface area contributed by atoms with Crippen molar-refractivity contribution in [1.82, 2.24) is 9.88 Å². The van der Waals surface area contributed by atoms with Gasteiger partial charge in [-0.05, 0) is 32.4 Å². The number of carbonyl (C=O) groups is 2. The Morgan fingerprint density at radius 2 is 1.87 bits per heavy atom. The zero-order valence-corrected chi connectivity index (χ0v) is 13.8. The Bertz CT molecular complexity index is 690. The number of hydrogen-bond donors (Lipinski definition) is 1. The number of amides is 1. The third-order valence-corrected chi connectivity index (χ3v) is 3.70. The van der Waals surface area contributed by atoms with Gasteiger partial charge in [-0.2, -0.15) is 0 Å². The lowest BCUT2D eigenvalue weighted by Crippen LogP contribution is -2.28. The third-order valence-electron chi connectivity index (χ3n) is 3.70. The number of ether oxygens (including phenoxy) is 1. The molecular weight excluding hydrogens is 292 g/mol. The maximum atomic E-state index is 12.1. The largest absolute Gasteiger partial charge is 0.462 e. The van der Waals surface area contributed by atoms with Gasteiger partial charge in [-0.15, -0.1) is 0 Å². The summed E-state index contributed by atoms with van der Waals surface area (Å²) in [5.74, 6) is -0.442. The Balaban J connectivity index is 2.02. The maximum absolute atomic E-state index is 12.1. The molecule has 0 aliphatic rings. The van der Waals surface area contributed by atoms with Crippen LogP contribution < -0.4 is 5.32 Å². The third kappa shape index (κ3) is 4.22. The van der Waals surface area contributed by atoms with E-state index in [1.54, 1.807) is 13.0 Å². The second-order valence-corrected chi connectivity index (χ2v) is 5.35. The lowest BCUT2D eigenvalue weighted by molar-refractivity contribution is -0.121. The minimum atomic E-state index is -0.350. The van der Waals surface area contributed by atoms with E-state index in [0.717, 1.165) is 17.0 Å². The molecule has 0 unspecified atom stereocenters. The zero-order chi connectivity index (χ0) is 16.8. The molecule has 23 heavy (non-hydrogen) atoms. The topological polar surface area (TPSA) is 60.3 Å². The molecule has 0 bridgehead atoms. The van der Waals surface area contributed by atoms with Crippen molar-refractivity contribution >= 4 is 11.9 Å². The molecular formula is C18H22N2O3. The molecule has 122 valence electrons. The van der Waals surface area contributed by atoms with E-state index >= 15 is 0 Å².